The summed E-state index contributed by atoms with van der Waals surface area (Å²) in [6.07, 6.45) is 1.48. The van der Waals surface area contributed by atoms with Crippen LogP contribution in [0.15, 0.2) is 30.3 Å². The second kappa shape index (κ2) is 13.7. The predicted molar refractivity (Wildman–Crippen MR) is 92.3 cm³/mol. The van der Waals surface area contributed by atoms with Gasteiger partial charge in [-0.15, -0.1) is 11.6 Å². The van der Waals surface area contributed by atoms with Crippen LogP contribution in [0.2, 0.25) is 6.04 Å². The predicted octanol–water partition coefficient (Wildman–Crippen LogP) is 1.42. The standard InChI is InChI=1S/C9H11NO2.C6H15ClO2Si/c10-8(9(11)12)6-7-4-2-1-3-5-7;1-8-6(9-2)10-5-3-4-7/h1-5,8H,6,10H2,(H,11,12);6H,3-5,10H2,1-2H3/t8-;/m0./s1. The fourth-order valence-corrected chi connectivity index (χ4v) is 3.54. The maximum Gasteiger partial charge on any atom is 0.320 e. The van der Waals surface area contributed by atoms with E-state index in [0.717, 1.165) is 17.9 Å². The quantitative estimate of drug-likeness (QED) is 0.305. The van der Waals surface area contributed by atoms with Crippen LogP contribution in [-0.2, 0) is 20.7 Å². The van der Waals surface area contributed by atoms with Crippen molar-refractivity contribution in [1.82, 2.24) is 0 Å². The van der Waals surface area contributed by atoms with Gasteiger partial charge >= 0.3 is 5.97 Å². The van der Waals surface area contributed by atoms with E-state index in [1.807, 2.05) is 30.3 Å². The zero-order valence-electron chi connectivity index (χ0n) is 13.2. The van der Waals surface area contributed by atoms with E-state index in [2.05, 4.69) is 0 Å². The minimum atomic E-state index is -0.959. The SMILES string of the molecule is COC(OC)[SiH2]CCCCl.N[C@@H](Cc1ccccc1)C(=O)O. The summed E-state index contributed by atoms with van der Waals surface area (Å²) in [5.74, 6) is -0.116. The summed E-state index contributed by atoms with van der Waals surface area (Å²) < 4.78 is 10.1. The van der Waals surface area contributed by atoms with Crippen molar-refractivity contribution in [3.05, 3.63) is 35.9 Å². The van der Waals surface area contributed by atoms with Gasteiger partial charge in [0.25, 0.3) is 0 Å². The summed E-state index contributed by atoms with van der Waals surface area (Å²) in [6, 6.07) is 9.75. The van der Waals surface area contributed by atoms with Crippen LogP contribution in [0.4, 0.5) is 0 Å². The summed E-state index contributed by atoms with van der Waals surface area (Å²) in [5.41, 5.74) is 6.30. The number of aliphatic carboxylic acids is 1. The molecule has 0 aliphatic heterocycles. The van der Waals surface area contributed by atoms with E-state index in [9.17, 15) is 4.79 Å². The van der Waals surface area contributed by atoms with Gasteiger partial charge in [-0.3, -0.25) is 4.79 Å². The third-order valence-electron chi connectivity index (χ3n) is 2.96. The lowest BCUT2D eigenvalue weighted by molar-refractivity contribution is -0.138. The minimum absolute atomic E-state index is 0.0863. The molecule has 1 aromatic carbocycles. The number of nitrogens with two attached hydrogens (primary N) is 1. The molecular formula is C15H26ClNO4Si. The van der Waals surface area contributed by atoms with E-state index in [4.69, 9.17) is 31.9 Å². The second-order valence-electron chi connectivity index (χ2n) is 4.72. The van der Waals surface area contributed by atoms with Crippen LogP contribution in [0.1, 0.15) is 12.0 Å². The lowest BCUT2D eigenvalue weighted by Gasteiger charge is -2.11. The minimum Gasteiger partial charge on any atom is -0.480 e. The fraction of sp³-hybridized carbons (Fsp3) is 0.533. The molecule has 0 amide bonds. The van der Waals surface area contributed by atoms with Crippen molar-refractivity contribution in [3.8, 4) is 0 Å². The Hall–Kier alpha value is -0.923. The summed E-state index contributed by atoms with van der Waals surface area (Å²) in [5, 5.41) is 8.52. The molecule has 22 heavy (non-hydrogen) atoms. The van der Waals surface area contributed by atoms with Gasteiger partial charge in [-0.1, -0.05) is 36.4 Å². The normalized spacial score (nSPS) is 12.2. The molecule has 1 rings (SSSR count). The zero-order valence-corrected chi connectivity index (χ0v) is 15.4. The first-order chi connectivity index (χ1) is 10.5. The highest BCUT2D eigenvalue weighted by Crippen LogP contribution is 2.01. The Morgan fingerprint density at radius 2 is 1.91 bits per heavy atom. The topological polar surface area (TPSA) is 81.8 Å². The van der Waals surface area contributed by atoms with Crippen LogP contribution in [0, 0.1) is 0 Å². The lowest BCUT2D eigenvalue weighted by Crippen LogP contribution is -2.32. The highest BCUT2D eigenvalue weighted by atomic mass is 35.5. The number of hydrogen-bond donors (Lipinski definition) is 2. The molecule has 0 aliphatic carbocycles. The number of rotatable bonds is 9. The van der Waals surface area contributed by atoms with Gasteiger partial charge in [-0.25, -0.2) is 0 Å². The molecule has 126 valence electrons. The average Bonchev–Trinajstić information content (AvgIpc) is 2.53. The van der Waals surface area contributed by atoms with Gasteiger partial charge in [-0.05, 0) is 18.4 Å². The van der Waals surface area contributed by atoms with Crippen LogP contribution in [0.5, 0.6) is 0 Å². The van der Waals surface area contributed by atoms with E-state index < -0.39 is 12.0 Å². The van der Waals surface area contributed by atoms with E-state index in [-0.39, 0.29) is 15.4 Å². The number of benzene rings is 1. The highest BCUT2D eigenvalue weighted by molar-refractivity contribution is 6.36. The first kappa shape index (κ1) is 21.1. The Morgan fingerprint density at radius 3 is 2.36 bits per heavy atom. The zero-order chi connectivity index (χ0) is 16.8. The van der Waals surface area contributed by atoms with E-state index in [1.54, 1.807) is 14.2 Å². The fourth-order valence-electron chi connectivity index (χ4n) is 1.69. The third kappa shape index (κ3) is 10.8. The molecule has 0 unspecified atom stereocenters. The number of carboxylic acids is 1. The number of carboxylic acid groups (broad SMARTS) is 1. The lowest BCUT2D eigenvalue weighted by atomic mass is 10.1. The first-order valence-electron chi connectivity index (χ1n) is 7.19. The number of alkyl halides is 1. The Balaban J connectivity index is 0.000000409. The average molecular weight is 348 g/mol. The molecule has 0 fully saturated rings. The van der Waals surface area contributed by atoms with Crippen molar-refractivity contribution in [2.24, 2.45) is 5.73 Å². The van der Waals surface area contributed by atoms with Crippen LogP contribution in [0.3, 0.4) is 0 Å². The van der Waals surface area contributed by atoms with Gasteiger partial charge in [0.05, 0.1) is 9.52 Å². The molecule has 0 saturated carbocycles. The van der Waals surface area contributed by atoms with Crippen LogP contribution < -0.4 is 5.73 Å². The van der Waals surface area contributed by atoms with Gasteiger partial charge < -0.3 is 20.3 Å². The van der Waals surface area contributed by atoms with Gasteiger partial charge in [0.2, 0.25) is 0 Å². The summed E-state index contributed by atoms with van der Waals surface area (Å²) in [6.45, 7) is 0. The molecule has 5 nitrogen and oxygen atoms in total. The Labute approximate surface area is 139 Å². The van der Waals surface area contributed by atoms with Crippen molar-refractivity contribution in [3.63, 3.8) is 0 Å². The van der Waals surface area contributed by atoms with Crippen molar-refractivity contribution >= 4 is 27.1 Å². The van der Waals surface area contributed by atoms with E-state index in [0.29, 0.717) is 6.42 Å². The van der Waals surface area contributed by atoms with Crippen molar-refractivity contribution in [2.75, 3.05) is 20.1 Å². The Morgan fingerprint density at radius 1 is 1.32 bits per heavy atom. The molecule has 1 atom stereocenters. The van der Waals surface area contributed by atoms with E-state index >= 15 is 0 Å². The molecular weight excluding hydrogens is 322 g/mol. The largest absolute Gasteiger partial charge is 0.480 e. The molecule has 0 radical (unpaired) electrons. The molecule has 0 aliphatic rings. The number of halogens is 1. The van der Waals surface area contributed by atoms with Crippen LogP contribution >= 0.6 is 11.6 Å². The molecule has 0 heterocycles. The molecule has 1 aromatic rings. The Kier molecular flexibility index (Phi) is 13.1. The number of hydrogen-bond acceptors (Lipinski definition) is 4. The molecule has 0 aromatic heterocycles. The molecule has 0 bridgehead atoms. The van der Waals surface area contributed by atoms with Crippen molar-refractivity contribution in [1.29, 1.82) is 0 Å². The molecule has 3 N–H and O–H groups in total. The van der Waals surface area contributed by atoms with Gasteiger partial charge in [-0.2, -0.15) is 0 Å². The van der Waals surface area contributed by atoms with E-state index in [1.165, 1.54) is 6.04 Å². The highest BCUT2D eigenvalue weighted by Gasteiger charge is 2.10. The third-order valence-corrected chi connectivity index (χ3v) is 5.28. The molecule has 0 spiro atoms. The van der Waals surface area contributed by atoms with Gasteiger partial charge in [0.1, 0.15) is 12.0 Å². The summed E-state index contributed by atoms with van der Waals surface area (Å²) in [7, 11) is 3.15. The van der Waals surface area contributed by atoms with Crippen LogP contribution in [-0.4, -0.2) is 52.7 Å². The smallest absolute Gasteiger partial charge is 0.320 e. The summed E-state index contributed by atoms with van der Waals surface area (Å²) in [4.78, 5) is 10.4. The van der Waals surface area contributed by atoms with Crippen LogP contribution in [0.25, 0.3) is 0 Å². The number of methoxy groups -OCH3 is 2. The molecule has 7 heteroatoms. The summed E-state index contributed by atoms with van der Waals surface area (Å²) >= 11 is 5.51. The maximum absolute atomic E-state index is 10.4. The van der Waals surface area contributed by atoms with Crippen molar-refractivity contribution in [2.45, 2.75) is 30.8 Å². The van der Waals surface area contributed by atoms with Crippen molar-refractivity contribution < 1.29 is 19.4 Å². The van der Waals surface area contributed by atoms with Gasteiger partial charge in [0.15, 0.2) is 0 Å². The Bertz CT molecular complexity index is 390. The molecule has 0 saturated heterocycles. The number of carbonyl (C=O) groups is 1. The number of ether oxygens (including phenoxy) is 2. The first-order valence-corrected chi connectivity index (χ1v) is 9.54. The monoisotopic (exact) mass is 347 g/mol. The van der Waals surface area contributed by atoms with Gasteiger partial charge in [0, 0.05) is 20.1 Å². The maximum atomic E-state index is 10.4. The second-order valence-corrected chi connectivity index (χ2v) is 7.05.